The molecule has 0 amide bonds. The van der Waals surface area contributed by atoms with Crippen LogP contribution in [0, 0.1) is 6.92 Å². The van der Waals surface area contributed by atoms with Crippen LogP contribution in [0.5, 0.6) is 5.75 Å². The standard InChI is InChI=1S/C35H46OSi/c1-11-21-36-32-23(4)15-14-16-27(32)30-29(35(8,9)10)20-19-26-25-18-17-24(34(5,6)7)22-28(25)33(31(26)30)37(12-2)13-3/h11,14-20,22,33,37H,1,12-13,21H2,2-10H3. The zero-order valence-electron chi connectivity index (χ0n) is 24.6. The Bertz CT molecular complexity index is 1300. The molecule has 0 N–H and O–H groups in total. The summed E-state index contributed by atoms with van der Waals surface area (Å²) in [5, 5.41) is 0. The van der Waals surface area contributed by atoms with E-state index in [1.165, 1.54) is 51.0 Å². The first-order chi connectivity index (χ1) is 17.4. The number of hydrogen-bond acceptors (Lipinski definition) is 1. The van der Waals surface area contributed by atoms with Crippen molar-refractivity contribution in [2.45, 2.75) is 90.8 Å². The second-order valence-electron chi connectivity index (χ2n) is 12.9. The second kappa shape index (κ2) is 10.3. The van der Waals surface area contributed by atoms with Gasteiger partial charge in [-0.25, -0.2) is 0 Å². The molecule has 4 rings (SSSR count). The maximum Gasteiger partial charge on any atom is 0.130 e. The summed E-state index contributed by atoms with van der Waals surface area (Å²) in [6, 6.07) is 21.4. The van der Waals surface area contributed by atoms with Crippen molar-refractivity contribution in [3.8, 4) is 28.0 Å². The van der Waals surface area contributed by atoms with Crippen molar-refractivity contribution >= 4 is 8.80 Å². The Labute approximate surface area is 227 Å². The third kappa shape index (κ3) is 4.98. The smallest absolute Gasteiger partial charge is 0.130 e. The number of rotatable bonds is 7. The lowest BCUT2D eigenvalue weighted by Crippen LogP contribution is -2.24. The van der Waals surface area contributed by atoms with E-state index in [1.54, 1.807) is 11.1 Å². The second-order valence-corrected chi connectivity index (χ2v) is 16.7. The Morgan fingerprint density at radius 2 is 1.54 bits per heavy atom. The van der Waals surface area contributed by atoms with E-state index >= 15 is 0 Å². The van der Waals surface area contributed by atoms with Crippen molar-refractivity contribution in [3.05, 3.63) is 89.0 Å². The molecule has 1 unspecified atom stereocenters. The molecule has 0 saturated carbocycles. The molecule has 0 saturated heterocycles. The van der Waals surface area contributed by atoms with Gasteiger partial charge in [0.15, 0.2) is 0 Å². The highest BCUT2D eigenvalue weighted by atomic mass is 28.3. The van der Waals surface area contributed by atoms with Gasteiger partial charge in [0.2, 0.25) is 0 Å². The molecule has 3 aromatic rings. The maximum atomic E-state index is 6.38. The van der Waals surface area contributed by atoms with Crippen LogP contribution in [-0.2, 0) is 10.8 Å². The third-order valence-electron chi connectivity index (χ3n) is 8.25. The summed E-state index contributed by atoms with van der Waals surface area (Å²) in [6.45, 7) is 25.5. The molecule has 1 atom stereocenters. The molecule has 0 aromatic heterocycles. The Balaban J connectivity index is 2.13. The molecule has 0 spiro atoms. The van der Waals surface area contributed by atoms with E-state index in [1.807, 2.05) is 6.08 Å². The topological polar surface area (TPSA) is 9.23 Å². The van der Waals surface area contributed by atoms with Crippen LogP contribution >= 0.6 is 0 Å². The van der Waals surface area contributed by atoms with Gasteiger partial charge in [-0.1, -0.05) is 129 Å². The largest absolute Gasteiger partial charge is 0.489 e. The van der Waals surface area contributed by atoms with Crippen LogP contribution in [0.15, 0.2) is 61.2 Å². The van der Waals surface area contributed by atoms with Gasteiger partial charge in [-0.3, -0.25) is 0 Å². The predicted octanol–water partition coefficient (Wildman–Crippen LogP) is 9.74. The molecule has 0 radical (unpaired) electrons. The minimum atomic E-state index is -1.13. The monoisotopic (exact) mass is 510 g/mol. The van der Waals surface area contributed by atoms with Crippen LogP contribution in [0.3, 0.4) is 0 Å². The van der Waals surface area contributed by atoms with Crippen molar-refractivity contribution in [1.29, 1.82) is 0 Å². The first kappa shape index (κ1) is 27.5. The highest BCUT2D eigenvalue weighted by Crippen LogP contribution is 2.55. The highest BCUT2D eigenvalue weighted by molar-refractivity contribution is 6.61. The molecule has 196 valence electrons. The van der Waals surface area contributed by atoms with Crippen LogP contribution in [-0.4, -0.2) is 15.4 Å². The quantitative estimate of drug-likeness (QED) is 0.227. The molecule has 0 aliphatic heterocycles. The summed E-state index contributed by atoms with van der Waals surface area (Å²) in [5.74, 6) is 0.998. The molecule has 0 fully saturated rings. The molecular formula is C35H46OSi. The number of benzene rings is 3. The van der Waals surface area contributed by atoms with Crippen LogP contribution in [0.4, 0.5) is 0 Å². The number of para-hydroxylation sites is 1. The van der Waals surface area contributed by atoms with Crippen LogP contribution in [0.1, 0.15) is 88.7 Å². The Hall–Kier alpha value is -2.58. The van der Waals surface area contributed by atoms with Gasteiger partial charge < -0.3 is 4.74 Å². The Morgan fingerprint density at radius 3 is 2.14 bits per heavy atom. The van der Waals surface area contributed by atoms with Gasteiger partial charge >= 0.3 is 0 Å². The fraction of sp³-hybridized carbons (Fsp3) is 0.429. The lowest BCUT2D eigenvalue weighted by atomic mass is 9.78. The summed E-state index contributed by atoms with van der Waals surface area (Å²) in [6.07, 6.45) is 1.85. The van der Waals surface area contributed by atoms with Gasteiger partial charge in [0.25, 0.3) is 0 Å². The van der Waals surface area contributed by atoms with E-state index in [4.69, 9.17) is 4.74 Å². The summed E-state index contributed by atoms with van der Waals surface area (Å²) >= 11 is 0. The molecule has 1 aliphatic rings. The van der Waals surface area contributed by atoms with E-state index < -0.39 is 8.80 Å². The molecule has 3 aromatic carbocycles. The SMILES string of the molecule is C=CCOc1c(C)cccc1-c1c(C(C)(C)C)ccc2c1C([SiH](CC)CC)c1cc(C(C)(C)C)ccc1-2. The molecular weight excluding hydrogens is 464 g/mol. The minimum absolute atomic E-state index is 0.00912. The molecule has 2 heteroatoms. The summed E-state index contributed by atoms with van der Waals surface area (Å²) in [5.41, 5.74) is 13.3. The molecule has 1 nitrogen and oxygen atoms in total. The maximum absolute atomic E-state index is 6.38. The number of fused-ring (bicyclic) bond motifs is 3. The fourth-order valence-corrected chi connectivity index (χ4v) is 9.33. The van der Waals surface area contributed by atoms with Crippen LogP contribution < -0.4 is 4.74 Å². The minimum Gasteiger partial charge on any atom is -0.489 e. The van der Waals surface area contributed by atoms with Crippen molar-refractivity contribution in [2.75, 3.05) is 6.61 Å². The van der Waals surface area contributed by atoms with Crippen LogP contribution in [0.2, 0.25) is 12.1 Å². The van der Waals surface area contributed by atoms with E-state index in [9.17, 15) is 0 Å². The van der Waals surface area contributed by atoms with E-state index in [-0.39, 0.29) is 10.8 Å². The lowest BCUT2D eigenvalue weighted by molar-refractivity contribution is 0.362. The molecule has 0 bridgehead atoms. The van der Waals surface area contributed by atoms with E-state index in [0.29, 0.717) is 12.1 Å². The average molecular weight is 511 g/mol. The zero-order chi connectivity index (χ0) is 27.1. The van der Waals surface area contributed by atoms with Crippen LogP contribution in [0.25, 0.3) is 22.3 Å². The lowest BCUT2D eigenvalue weighted by Gasteiger charge is -2.31. The summed E-state index contributed by atoms with van der Waals surface area (Å²) in [4.78, 5) is 0. The van der Waals surface area contributed by atoms with Crippen molar-refractivity contribution in [2.24, 2.45) is 0 Å². The Kier molecular flexibility index (Phi) is 7.63. The van der Waals surface area contributed by atoms with Gasteiger partial charge in [0, 0.05) is 19.9 Å². The van der Waals surface area contributed by atoms with Crippen molar-refractivity contribution < 1.29 is 4.74 Å². The first-order valence-electron chi connectivity index (χ1n) is 14.1. The van der Waals surface area contributed by atoms with Gasteiger partial charge in [0.05, 0.1) is 0 Å². The van der Waals surface area contributed by atoms with Crippen molar-refractivity contribution in [1.82, 2.24) is 0 Å². The van der Waals surface area contributed by atoms with Gasteiger partial charge in [0.1, 0.15) is 12.4 Å². The first-order valence-corrected chi connectivity index (χ1v) is 16.4. The Morgan fingerprint density at radius 1 is 0.865 bits per heavy atom. The molecule has 37 heavy (non-hydrogen) atoms. The molecule has 0 heterocycles. The van der Waals surface area contributed by atoms with Gasteiger partial charge in [-0.05, 0) is 62.3 Å². The van der Waals surface area contributed by atoms with E-state index in [0.717, 1.165) is 5.75 Å². The number of aryl methyl sites for hydroxylation is 1. The zero-order valence-corrected chi connectivity index (χ0v) is 25.7. The third-order valence-corrected chi connectivity index (χ3v) is 12.0. The highest BCUT2D eigenvalue weighted by Gasteiger charge is 2.39. The normalized spacial score (nSPS) is 15.0. The summed E-state index contributed by atoms with van der Waals surface area (Å²) < 4.78 is 6.38. The summed E-state index contributed by atoms with van der Waals surface area (Å²) in [7, 11) is -1.13. The van der Waals surface area contributed by atoms with Gasteiger partial charge in [-0.2, -0.15) is 0 Å². The molecule has 1 aliphatic carbocycles. The average Bonchev–Trinajstić information content (AvgIpc) is 3.16. The fourth-order valence-electron chi connectivity index (χ4n) is 6.21. The number of hydrogen-bond donors (Lipinski definition) is 0. The van der Waals surface area contributed by atoms with Gasteiger partial charge in [-0.15, -0.1) is 0 Å². The van der Waals surface area contributed by atoms with Crippen molar-refractivity contribution in [3.63, 3.8) is 0 Å². The van der Waals surface area contributed by atoms with E-state index in [2.05, 4.69) is 117 Å². The number of ether oxygens (including phenoxy) is 1. The predicted molar refractivity (Wildman–Crippen MR) is 165 cm³/mol.